The van der Waals surface area contributed by atoms with Crippen molar-refractivity contribution in [3.05, 3.63) is 11.6 Å². The molecule has 11 heavy (non-hydrogen) atoms. The van der Waals surface area contributed by atoms with Gasteiger partial charge in [0.2, 0.25) is 5.95 Å². The molecule has 0 fully saturated rings. The molecule has 0 aliphatic rings. The Morgan fingerprint density at radius 3 is 2.45 bits per heavy atom. The second-order valence-electron chi connectivity index (χ2n) is 2.24. The minimum absolute atomic E-state index is 0.107. The van der Waals surface area contributed by atoms with E-state index in [9.17, 15) is 5.11 Å². The molecular weight excluding hydrogens is 144 g/mol. The van der Waals surface area contributed by atoms with Gasteiger partial charge in [-0.05, 0) is 13.8 Å². The summed E-state index contributed by atoms with van der Waals surface area (Å²) < 4.78 is 0. The van der Waals surface area contributed by atoms with Crippen LogP contribution in [-0.2, 0) is 5.11 Å². The van der Waals surface area contributed by atoms with Gasteiger partial charge in [-0.25, -0.2) is 10.1 Å². The summed E-state index contributed by atoms with van der Waals surface area (Å²) in [7, 11) is 0. The average molecular weight is 153 g/mol. The fourth-order valence-corrected chi connectivity index (χ4v) is 0.706. The first-order valence-electron chi connectivity index (χ1n) is 3.23. The smallest absolute Gasteiger partial charge is 0.223 e. The Morgan fingerprint density at radius 1 is 1.36 bits per heavy atom. The van der Waals surface area contributed by atoms with E-state index in [2.05, 4.69) is 15.0 Å². The van der Waals surface area contributed by atoms with Gasteiger partial charge in [0, 0.05) is 0 Å². The van der Waals surface area contributed by atoms with Crippen LogP contribution in [0.2, 0.25) is 0 Å². The van der Waals surface area contributed by atoms with Crippen molar-refractivity contribution in [1.29, 1.82) is 0 Å². The second-order valence-corrected chi connectivity index (χ2v) is 2.24. The molecule has 1 heterocycles. The van der Waals surface area contributed by atoms with Crippen molar-refractivity contribution < 1.29 is 5.11 Å². The van der Waals surface area contributed by atoms with Gasteiger partial charge in [0.05, 0.1) is 0 Å². The molecule has 59 valence electrons. The molecule has 0 aliphatic heterocycles. The topological polar surface area (TPSA) is 84.6 Å². The van der Waals surface area contributed by atoms with Crippen molar-refractivity contribution in [3.63, 3.8) is 0 Å². The van der Waals surface area contributed by atoms with E-state index < -0.39 is 6.10 Å². The summed E-state index contributed by atoms with van der Waals surface area (Å²) >= 11 is 0. The monoisotopic (exact) mass is 153 g/mol. The van der Waals surface area contributed by atoms with E-state index in [-0.39, 0.29) is 11.8 Å². The molecule has 1 aromatic heterocycles. The summed E-state index contributed by atoms with van der Waals surface area (Å²) in [5.41, 5.74) is 5.30. The highest BCUT2D eigenvalue weighted by atomic mass is 16.3. The van der Waals surface area contributed by atoms with E-state index in [4.69, 9.17) is 5.73 Å². The molecule has 0 spiro atoms. The lowest BCUT2D eigenvalue weighted by atomic mass is 10.4. The summed E-state index contributed by atoms with van der Waals surface area (Å²) in [6, 6.07) is 0. The molecule has 1 atom stereocenters. The van der Waals surface area contributed by atoms with Crippen LogP contribution in [0.15, 0.2) is 0 Å². The molecule has 5 heteroatoms. The maximum absolute atomic E-state index is 10.8. The third kappa shape index (κ3) is 1.84. The van der Waals surface area contributed by atoms with Crippen LogP contribution in [0.5, 0.6) is 0 Å². The normalized spacial score (nSPS) is 13.0. The van der Waals surface area contributed by atoms with Crippen LogP contribution in [0.3, 0.4) is 0 Å². The number of hydrogen-bond acceptors (Lipinski definition) is 4. The highest BCUT2D eigenvalue weighted by molar-refractivity contribution is 5.15. The molecule has 1 rings (SSSR count). The Hall–Kier alpha value is -1.23. The van der Waals surface area contributed by atoms with E-state index in [1.165, 1.54) is 6.92 Å². The van der Waals surface area contributed by atoms with Crippen LogP contribution in [0, 0.1) is 6.92 Å². The van der Waals surface area contributed by atoms with Crippen molar-refractivity contribution in [2.24, 2.45) is 0 Å². The average Bonchev–Trinajstić information content (AvgIpc) is 1.85. The van der Waals surface area contributed by atoms with Crippen molar-refractivity contribution in [2.45, 2.75) is 20.0 Å². The maximum atomic E-state index is 10.8. The fourth-order valence-electron chi connectivity index (χ4n) is 0.706. The zero-order valence-corrected chi connectivity index (χ0v) is 6.40. The van der Waals surface area contributed by atoms with Crippen molar-refractivity contribution in [1.82, 2.24) is 15.0 Å². The minimum Gasteiger partial charge on any atom is -0.368 e. The Bertz CT molecular complexity index is 241. The second kappa shape index (κ2) is 2.79. The molecule has 0 saturated heterocycles. The Labute approximate surface area is 64.3 Å². The van der Waals surface area contributed by atoms with E-state index >= 15 is 0 Å². The number of nitrogens with zero attached hydrogens (tertiary/aromatic N) is 3. The summed E-state index contributed by atoms with van der Waals surface area (Å²) in [4.78, 5) is 11.2. The molecule has 2 N–H and O–H groups in total. The SMILES string of the molecule is Cc1nc(N)nc(C(C)[O])n1. The fraction of sp³-hybridized carbons (Fsp3) is 0.500. The number of nitrogens with two attached hydrogens (primary N) is 1. The van der Waals surface area contributed by atoms with Crippen molar-refractivity contribution >= 4 is 5.95 Å². The molecule has 0 aliphatic carbocycles. The number of aryl methyl sites for hydroxylation is 1. The Kier molecular flexibility index (Phi) is 2.00. The molecular formula is C6H9N4O. The van der Waals surface area contributed by atoms with Crippen LogP contribution < -0.4 is 5.73 Å². The Morgan fingerprint density at radius 2 is 2.00 bits per heavy atom. The lowest BCUT2D eigenvalue weighted by Gasteiger charge is -2.01. The van der Waals surface area contributed by atoms with Gasteiger partial charge in [-0.15, -0.1) is 0 Å². The van der Waals surface area contributed by atoms with Crippen LogP contribution >= 0.6 is 0 Å². The number of hydrogen-bond donors (Lipinski definition) is 1. The van der Waals surface area contributed by atoms with Gasteiger partial charge in [-0.1, -0.05) is 0 Å². The van der Waals surface area contributed by atoms with E-state index in [1.807, 2.05) is 0 Å². The Balaban J connectivity index is 3.08. The molecule has 0 saturated carbocycles. The van der Waals surface area contributed by atoms with Crippen LogP contribution in [0.4, 0.5) is 5.95 Å². The van der Waals surface area contributed by atoms with Crippen LogP contribution in [0.1, 0.15) is 24.7 Å². The third-order valence-electron chi connectivity index (χ3n) is 1.15. The zero-order valence-electron chi connectivity index (χ0n) is 6.40. The number of rotatable bonds is 1. The van der Waals surface area contributed by atoms with E-state index in [0.29, 0.717) is 5.82 Å². The minimum atomic E-state index is -0.945. The van der Waals surface area contributed by atoms with Gasteiger partial charge in [-0.2, -0.15) is 9.97 Å². The summed E-state index contributed by atoms with van der Waals surface area (Å²) in [6.45, 7) is 3.14. The van der Waals surface area contributed by atoms with Gasteiger partial charge in [0.15, 0.2) is 5.82 Å². The molecule has 1 aromatic rings. The summed E-state index contributed by atoms with van der Waals surface area (Å²) in [6.07, 6.45) is -0.945. The first kappa shape index (κ1) is 7.87. The van der Waals surface area contributed by atoms with Crippen molar-refractivity contribution in [2.75, 3.05) is 5.73 Å². The number of nitrogen functional groups attached to an aromatic ring is 1. The van der Waals surface area contributed by atoms with Gasteiger partial charge < -0.3 is 5.73 Å². The molecule has 0 bridgehead atoms. The molecule has 0 amide bonds. The third-order valence-corrected chi connectivity index (χ3v) is 1.15. The highest BCUT2D eigenvalue weighted by Crippen LogP contribution is 2.06. The molecule has 1 unspecified atom stereocenters. The van der Waals surface area contributed by atoms with Crippen LogP contribution in [-0.4, -0.2) is 15.0 Å². The lowest BCUT2D eigenvalue weighted by molar-refractivity contribution is 0.0979. The number of anilines is 1. The van der Waals surface area contributed by atoms with Crippen molar-refractivity contribution in [3.8, 4) is 0 Å². The highest BCUT2D eigenvalue weighted by Gasteiger charge is 2.07. The van der Waals surface area contributed by atoms with Gasteiger partial charge >= 0.3 is 0 Å². The number of aromatic nitrogens is 3. The first-order chi connectivity index (χ1) is 5.09. The quantitative estimate of drug-likeness (QED) is 0.626. The lowest BCUT2D eigenvalue weighted by Crippen LogP contribution is -2.06. The predicted octanol–water partition coefficient (Wildman–Crippen LogP) is 0.254. The molecule has 1 radical (unpaired) electrons. The summed E-state index contributed by atoms with van der Waals surface area (Å²) in [5.74, 6) is 0.792. The molecule has 0 aromatic carbocycles. The maximum Gasteiger partial charge on any atom is 0.223 e. The van der Waals surface area contributed by atoms with Gasteiger partial charge in [-0.3, -0.25) is 0 Å². The van der Waals surface area contributed by atoms with Crippen LogP contribution in [0.25, 0.3) is 0 Å². The predicted molar refractivity (Wildman–Crippen MR) is 38.1 cm³/mol. The van der Waals surface area contributed by atoms with E-state index in [0.717, 1.165) is 0 Å². The standard InChI is InChI=1S/C6H9N4O/c1-3(11)5-8-4(2)9-6(7)10-5/h3H,1-2H3,(H2,7,8,9,10). The largest absolute Gasteiger partial charge is 0.368 e. The zero-order chi connectivity index (χ0) is 8.43. The van der Waals surface area contributed by atoms with Gasteiger partial charge in [0.1, 0.15) is 11.9 Å². The molecule has 5 nitrogen and oxygen atoms in total. The summed E-state index contributed by atoms with van der Waals surface area (Å²) in [5, 5.41) is 10.8. The van der Waals surface area contributed by atoms with E-state index in [1.54, 1.807) is 6.92 Å². The first-order valence-corrected chi connectivity index (χ1v) is 3.23. The van der Waals surface area contributed by atoms with Gasteiger partial charge in [0.25, 0.3) is 0 Å².